The maximum atomic E-state index is 13.1. The molecule has 12 rings (SSSR count). The first-order valence-corrected chi connectivity index (χ1v) is 27.0. The molecular weight excluding hydrogens is 1040 g/mol. The Morgan fingerprint density at radius 1 is 0.593 bits per heavy atom. The zero-order valence-corrected chi connectivity index (χ0v) is 46.1. The van der Waals surface area contributed by atoms with Crippen molar-refractivity contribution in [2.24, 2.45) is 0 Å². The number of hydrogen-bond acceptors (Lipinski definition) is 18. The Labute approximate surface area is 468 Å². The number of piperidine rings is 2. The number of ether oxygens (including phenoxy) is 6. The highest BCUT2D eigenvalue weighted by Crippen LogP contribution is 2.41. The van der Waals surface area contributed by atoms with Crippen molar-refractivity contribution in [3.05, 3.63) is 127 Å². The van der Waals surface area contributed by atoms with Gasteiger partial charge in [-0.05, 0) is 115 Å². The number of nitrogens with one attached hydrogen (secondary N) is 1. The average molecular weight is 1100 g/mol. The first-order valence-electron chi connectivity index (χ1n) is 27.0. The predicted molar refractivity (Wildman–Crippen MR) is 298 cm³/mol. The fourth-order valence-electron chi connectivity index (χ4n) is 10.9. The monoisotopic (exact) mass is 1100 g/mol. The van der Waals surface area contributed by atoms with Crippen LogP contribution in [-0.2, 0) is 0 Å². The predicted octanol–water partition coefficient (Wildman–Crippen LogP) is 8.71. The Kier molecular flexibility index (Phi) is 16.5. The molecule has 20 nitrogen and oxygen atoms in total. The number of rotatable bonds is 15. The van der Waals surface area contributed by atoms with E-state index in [9.17, 15) is 25.1 Å². The number of hydrogen-bond donors (Lipinski definition) is 3. The normalized spacial score (nSPS) is 20.0. The van der Waals surface area contributed by atoms with Crippen LogP contribution in [0, 0.1) is 28.6 Å². The molecule has 0 saturated carbocycles. The number of nitrogens with zero attached hydrogens (tertiary/aromatic N) is 11. The number of nitriles is 2. The van der Waals surface area contributed by atoms with E-state index in [4.69, 9.17) is 33.4 Å². The average Bonchev–Trinajstić information content (AvgIpc) is 4.36. The molecule has 2 unspecified atom stereocenters. The molecule has 4 aliphatic rings. The fourth-order valence-corrected chi connectivity index (χ4v) is 10.9. The van der Waals surface area contributed by atoms with E-state index in [1.54, 1.807) is 89.5 Å². The van der Waals surface area contributed by atoms with E-state index in [0.717, 1.165) is 67.0 Å². The molecule has 0 aliphatic carbocycles. The van der Waals surface area contributed by atoms with E-state index in [0.29, 0.717) is 86.8 Å². The van der Waals surface area contributed by atoms with Crippen LogP contribution in [0.4, 0.5) is 10.2 Å². The smallest absolute Gasteiger partial charge is 0.213 e. The Morgan fingerprint density at radius 3 is 1.48 bits per heavy atom. The molecule has 0 radical (unpaired) electrons. The van der Waals surface area contributed by atoms with Gasteiger partial charge in [-0.3, -0.25) is 0 Å². The van der Waals surface area contributed by atoms with Gasteiger partial charge in [0.2, 0.25) is 17.7 Å². The number of fused-ring (bicyclic) bond motifs is 6. The van der Waals surface area contributed by atoms with Crippen LogP contribution in [0.2, 0.25) is 0 Å². The molecule has 0 aromatic carbocycles. The summed E-state index contributed by atoms with van der Waals surface area (Å²) in [5, 5.41) is 51.0. The van der Waals surface area contributed by atoms with Crippen LogP contribution >= 0.6 is 0 Å². The lowest BCUT2D eigenvalue weighted by Crippen LogP contribution is -2.46. The molecule has 8 aromatic heterocycles. The molecule has 4 bridgehead atoms. The number of aromatic nitrogens is 8. The van der Waals surface area contributed by atoms with Gasteiger partial charge in [-0.25, -0.2) is 29.0 Å². The minimum Gasteiger partial charge on any atom is -0.489 e. The molecule has 420 valence electrons. The van der Waals surface area contributed by atoms with E-state index >= 15 is 0 Å². The molecular formula is C60H65FN12O8. The zero-order chi connectivity index (χ0) is 56.8. The topological polar surface area (TPSA) is 245 Å². The molecule has 4 saturated heterocycles. The minimum atomic E-state index is -0.992. The van der Waals surface area contributed by atoms with E-state index < -0.39 is 17.1 Å². The number of methoxy groups -OCH3 is 2. The van der Waals surface area contributed by atoms with E-state index in [-0.39, 0.29) is 19.3 Å². The lowest BCUT2D eigenvalue weighted by molar-refractivity contribution is 0.0280. The van der Waals surface area contributed by atoms with Gasteiger partial charge in [0.25, 0.3) is 0 Å². The summed E-state index contributed by atoms with van der Waals surface area (Å²) in [6.07, 6.45) is 22.4. The highest BCUT2D eigenvalue weighted by Gasteiger charge is 2.42. The van der Waals surface area contributed by atoms with Crippen LogP contribution in [0.1, 0.15) is 90.2 Å². The molecule has 4 fully saturated rings. The van der Waals surface area contributed by atoms with Crippen molar-refractivity contribution in [2.75, 3.05) is 32.3 Å². The van der Waals surface area contributed by atoms with Gasteiger partial charge in [-0.1, -0.05) is 0 Å². The van der Waals surface area contributed by atoms with Gasteiger partial charge < -0.3 is 48.9 Å². The van der Waals surface area contributed by atoms with Crippen molar-refractivity contribution < 1.29 is 43.0 Å². The van der Waals surface area contributed by atoms with Gasteiger partial charge in [-0.15, -0.1) is 0 Å². The second-order valence-electron chi connectivity index (χ2n) is 22.0. The quantitative estimate of drug-likeness (QED) is 0.0812. The third-order valence-corrected chi connectivity index (χ3v) is 14.5. The first kappa shape index (κ1) is 55.7. The molecule has 4 aliphatic heterocycles. The largest absolute Gasteiger partial charge is 0.489 e. The Bertz CT molecular complexity index is 3490. The van der Waals surface area contributed by atoms with Crippen molar-refractivity contribution >= 4 is 16.9 Å². The van der Waals surface area contributed by atoms with Crippen LogP contribution < -0.4 is 38.6 Å². The first-order chi connectivity index (χ1) is 39.0. The van der Waals surface area contributed by atoms with E-state index in [2.05, 4.69) is 53.6 Å². The maximum absolute atomic E-state index is 13.1. The molecule has 3 N–H and O–H groups in total. The van der Waals surface area contributed by atoms with Gasteiger partial charge in [-0.2, -0.15) is 25.1 Å². The maximum Gasteiger partial charge on any atom is 0.213 e. The summed E-state index contributed by atoms with van der Waals surface area (Å²) in [5.74, 6) is 4.18. The molecule has 12 heterocycles. The number of anilines is 1. The second kappa shape index (κ2) is 24.0. The van der Waals surface area contributed by atoms with Crippen LogP contribution in [0.15, 0.2) is 110 Å². The summed E-state index contributed by atoms with van der Waals surface area (Å²) in [7, 11) is 3.22. The van der Waals surface area contributed by atoms with Crippen LogP contribution in [0.25, 0.3) is 33.3 Å². The molecule has 6 atom stereocenters. The number of pyridine rings is 6. The van der Waals surface area contributed by atoms with Crippen molar-refractivity contribution in [2.45, 2.75) is 127 Å². The van der Waals surface area contributed by atoms with E-state index in [1.165, 1.54) is 35.8 Å². The number of aliphatic hydroxyl groups is 2. The summed E-state index contributed by atoms with van der Waals surface area (Å²) in [6, 6.07) is 24.4. The van der Waals surface area contributed by atoms with Gasteiger partial charge in [0, 0.05) is 83.8 Å². The van der Waals surface area contributed by atoms with Crippen molar-refractivity contribution in [1.82, 2.24) is 44.5 Å². The van der Waals surface area contributed by atoms with Gasteiger partial charge in [0.1, 0.15) is 66.4 Å². The number of halogens is 1. The summed E-state index contributed by atoms with van der Waals surface area (Å²) < 4.78 is 50.2. The van der Waals surface area contributed by atoms with Crippen LogP contribution in [-0.4, -0.2) is 124 Å². The van der Waals surface area contributed by atoms with Crippen LogP contribution in [0.5, 0.6) is 34.8 Å². The Balaban J connectivity index is 0.000000151. The second-order valence-corrected chi connectivity index (χ2v) is 22.0. The Hall–Kier alpha value is -8.63. The summed E-state index contributed by atoms with van der Waals surface area (Å²) in [6.45, 7) is 6.87. The van der Waals surface area contributed by atoms with Crippen LogP contribution in [0.3, 0.4) is 0 Å². The molecule has 21 heteroatoms. The van der Waals surface area contributed by atoms with Crippen molar-refractivity contribution in [1.29, 1.82) is 10.5 Å². The molecule has 0 amide bonds. The highest BCUT2D eigenvalue weighted by atomic mass is 19.1. The molecule has 0 spiro atoms. The third kappa shape index (κ3) is 13.5. The third-order valence-electron chi connectivity index (χ3n) is 14.5. The lowest BCUT2D eigenvalue weighted by Gasteiger charge is -2.39. The highest BCUT2D eigenvalue weighted by molar-refractivity contribution is 5.86. The standard InChI is InChI=1S/C30H32N6O4.C17H15FN4O2.C13H18N2O2/c1-30(2,37)18-39-25-12-26(29-20(13-31)15-34-35(29)17-25)19-4-8-27(32-14-19)36-21-5-6-22(36)11-24(10-21)40-23-7-9-28(38-3)33-16-23;1-17(2,23)10-24-13-5-14(11-3-4-15(18)20-7-11)16-12(6-19)8-21-22(16)9-13;1-16-13-5-4-11(8-14-13)17-12-6-9-2-3-10(7-12)15-9/h4,7-9,12,14-17,21-22,24,37H,5-6,10-11,18H2,1-3H3;3-5,7-9,23H,10H2,1-2H3;4-5,8-10,12,15H,2-3,6-7H2,1H3/t21-,22+,24?;;9-,10+,12?. The van der Waals surface area contributed by atoms with Gasteiger partial charge >= 0.3 is 0 Å². The van der Waals surface area contributed by atoms with Crippen molar-refractivity contribution in [3.8, 4) is 69.2 Å². The van der Waals surface area contributed by atoms with Crippen molar-refractivity contribution in [3.63, 3.8) is 0 Å². The fraction of sp³-hybridized carbons (Fsp3) is 0.400. The van der Waals surface area contributed by atoms with E-state index in [1.807, 2.05) is 42.6 Å². The zero-order valence-electron chi connectivity index (χ0n) is 46.1. The SMILES string of the molecule is CC(C)(O)COc1cc(-c2ccc(F)nc2)c2c(C#N)cnn2c1.COc1ccc(OC2C[C@H]3CC[C@@H](C2)N3)cn1.COc1ccc(OC2C[C@H]3CC[C@@H](C2)N3c2ccc(-c3cc(OCC(C)(C)O)cn4ncc(C#N)c34)cn2)cn1. The summed E-state index contributed by atoms with van der Waals surface area (Å²) in [4.78, 5) is 19.4. The van der Waals surface area contributed by atoms with Gasteiger partial charge in [0.05, 0.1) is 84.8 Å². The summed E-state index contributed by atoms with van der Waals surface area (Å²) >= 11 is 0. The van der Waals surface area contributed by atoms with Gasteiger partial charge in [0.15, 0.2) is 0 Å². The molecule has 81 heavy (non-hydrogen) atoms. The lowest BCUT2D eigenvalue weighted by atomic mass is 9.99. The summed E-state index contributed by atoms with van der Waals surface area (Å²) in [5.41, 5.74) is 3.10. The Morgan fingerprint density at radius 2 is 1.07 bits per heavy atom. The molecule has 8 aromatic rings. The minimum absolute atomic E-state index is 0.0893.